The van der Waals surface area contributed by atoms with Gasteiger partial charge in [0.25, 0.3) is 0 Å². The van der Waals surface area contributed by atoms with Crippen LogP contribution in [0.1, 0.15) is 33.6 Å². The van der Waals surface area contributed by atoms with E-state index in [4.69, 9.17) is 0 Å². The quantitative estimate of drug-likeness (QED) is 0.543. The molecule has 1 saturated heterocycles. The highest BCUT2D eigenvalue weighted by molar-refractivity contribution is 4.89. The third kappa shape index (κ3) is 2.34. The highest BCUT2D eigenvalue weighted by Gasteiger charge is 2.26. The van der Waals surface area contributed by atoms with Crippen molar-refractivity contribution < 1.29 is 0 Å². The van der Waals surface area contributed by atoms with E-state index in [0.29, 0.717) is 5.54 Å². The minimum absolute atomic E-state index is 0.335. The fraction of sp³-hybridized carbons (Fsp3) is 0.818. The molecule has 1 aliphatic rings. The van der Waals surface area contributed by atoms with Gasteiger partial charge in [0.2, 0.25) is 0 Å². The smallest absolute Gasteiger partial charge is 0.0125 e. The minimum Gasteiger partial charge on any atom is -0.298 e. The lowest BCUT2D eigenvalue weighted by Gasteiger charge is -2.40. The number of hydrogen-bond acceptors (Lipinski definition) is 1. The van der Waals surface area contributed by atoms with Crippen molar-refractivity contribution >= 4 is 0 Å². The molecule has 1 fully saturated rings. The fourth-order valence-corrected chi connectivity index (χ4v) is 1.81. The molecule has 1 atom stereocenters. The van der Waals surface area contributed by atoms with Gasteiger partial charge in [-0.2, -0.15) is 0 Å². The summed E-state index contributed by atoms with van der Waals surface area (Å²) in [5.41, 5.74) is 0.335. The molecule has 1 aliphatic heterocycles. The number of likely N-dealkylation sites (tertiary alicyclic amines) is 1. The van der Waals surface area contributed by atoms with E-state index in [-0.39, 0.29) is 0 Å². The largest absolute Gasteiger partial charge is 0.298 e. The molecule has 70 valence electrons. The molecule has 1 unspecified atom stereocenters. The van der Waals surface area contributed by atoms with Crippen molar-refractivity contribution in [1.29, 1.82) is 0 Å². The van der Waals surface area contributed by atoms with Crippen molar-refractivity contribution in [3.05, 3.63) is 12.7 Å². The SMILES string of the molecule is C=CC1CCCN(C(C)(C)C)C1. The van der Waals surface area contributed by atoms with Crippen LogP contribution < -0.4 is 0 Å². The Bertz CT molecular complexity index is 155. The van der Waals surface area contributed by atoms with Gasteiger partial charge in [0.15, 0.2) is 0 Å². The van der Waals surface area contributed by atoms with E-state index in [0.717, 1.165) is 5.92 Å². The molecular formula is C11H21N. The van der Waals surface area contributed by atoms with Crippen LogP contribution in [0.2, 0.25) is 0 Å². The van der Waals surface area contributed by atoms with Gasteiger partial charge in [-0.25, -0.2) is 0 Å². The number of rotatable bonds is 1. The van der Waals surface area contributed by atoms with Gasteiger partial charge in [0, 0.05) is 12.1 Å². The van der Waals surface area contributed by atoms with Crippen molar-refractivity contribution in [2.75, 3.05) is 13.1 Å². The molecule has 12 heavy (non-hydrogen) atoms. The predicted octanol–water partition coefficient (Wildman–Crippen LogP) is 2.68. The van der Waals surface area contributed by atoms with Crippen LogP contribution in [0.4, 0.5) is 0 Å². The highest BCUT2D eigenvalue weighted by atomic mass is 15.2. The Morgan fingerprint density at radius 1 is 1.42 bits per heavy atom. The first-order chi connectivity index (χ1) is 5.54. The van der Waals surface area contributed by atoms with Gasteiger partial charge >= 0.3 is 0 Å². The summed E-state index contributed by atoms with van der Waals surface area (Å²) in [5.74, 6) is 0.720. The molecule has 0 saturated carbocycles. The van der Waals surface area contributed by atoms with Gasteiger partial charge in [0.05, 0.1) is 0 Å². The average Bonchev–Trinajstić information content (AvgIpc) is 2.03. The Hall–Kier alpha value is -0.300. The summed E-state index contributed by atoms with van der Waals surface area (Å²) in [7, 11) is 0. The second-order valence-electron chi connectivity index (χ2n) is 4.75. The van der Waals surface area contributed by atoms with Crippen LogP contribution in [-0.4, -0.2) is 23.5 Å². The average molecular weight is 167 g/mol. The molecule has 1 rings (SSSR count). The van der Waals surface area contributed by atoms with Crippen LogP contribution in [0, 0.1) is 5.92 Å². The molecule has 0 aromatic carbocycles. The van der Waals surface area contributed by atoms with Crippen LogP contribution in [0.15, 0.2) is 12.7 Å². The lowest BCUT2D eigenvalue weighted by Crippen LogP contribution is -2.46. The van der Waals surface area contributed by atoms with Crippen molar-refractivity contribution in [3.8, 4) is 0 Å². The Morgan fingerprint density at radius 2 is 2.08 bits per heavy atom. The van der Waals surface area contributed by atoms with Crippen molar-refractivity contribution in [3.63, 3.8) is 0 Å². The molecule has 0 bridgehead atoms. The second kappa shape index (κ2) is 3.61. The summed E-state index contributed by atoms with van der Waals surface area (Å²) in [4.78, 5) is 2.56. The molecule has 1 nitrogen and oxygen atoms in total. The first-order valence-electron chi connectivity index (χ1n) is 4.91. The van der Waals surface area contributed by atoms with E-state index in [1.807, 2.05) is 0 Å². The summed E-state index contributed by atoms with van der Waals surface area (Å²) in [6.45, 7) is 13.2. The van der Waals surface area contributed by atoms with Gasteiger partial charge in [0.1, 0.15) is 0 Å². The summed E-state index contributed by atoms with van der Waals surface area (Å²) in [6.07, 6.45) is 4.77. The van der Waals surface area contributed by atoms with E-state index in [1.165, 1.54) is 25.9 Å². The van der Waals surface area contributed by atoms with Gasteiger partial charge in [-0.3, -0.25) is 4.90 Å². The zero-order valence-corrected chi connectivity index (χ0v) is 8.64. The van der Waals surface area contributed by atoms with Crippen molar-refractivity contribution in [2.24, 2.45) is 5.92 Å². The zero-order valence-electron chi connectivity index (χ0n) is 8.64. The molecule has 1 heterocycles. The number of piperidine rings is 1. The Balaban J connectivity index is 2.51. The minimum atomic E-state index is 0.335. The lowest BCUT2D eigenvalue weighted by atomic mass is 9.94. The fourth-order valence-electron chi connectivity index (χ4n) is 1.81. The van der Waals surface area contributed by atoms with E-state index in [2.05, 4.69) is 38.3 Å². The van der Waals surface area contributed by atoms with Gasteiger partial charge in [-0.15, -0.1) is 6.58 Å². The van der Waals surface area contributed by atoms with Crippen LogP contribution >= 0.6 is 0 Å². The maximum Gasteiger partial charge on any atom is 0.0125 e. The summed E-state index contributed by atoms with van der Waals surface area (Å²) in [5, 5.41) is 0. The normalized spacial score (nSPS) is 27.1. The lowest BCUT2D eigenvalue weighted by molar-refractivity contribution is 0.0917. The maximum absolute atomic E-state index is 3.87. The molecule has 0 spiro atoms. The van der Waals surface area contributed by atoms with Crippen LogP contribution in [0.3, 0.4) is 0 Å². The number of hydrogen-bond donors (Lipinski definition) is 0. The molecule has 0 amide bonds. The molecule has 0 aromatic heterocycles. The van der Waals surface area contributed by atoms with E-state index in [9.17, 15) is 0 Å². The Morgan fingerprint density at radius 3 is 2.58 bits per heavy atom. The molecule has 0 radical (unpaired) electrons. The second-order valence-corrected chi connectivity index (χ2v) is 4.75. The van der Waals surface area contributed by atoms with E-state index >= 15 is 0 Å². The maximum atomic E-state index is 3.87. The topological polar surface area (TPSA) is 3.24 Å². The first-order valence-corrected chi connectivity index (χ1v) is 4.91. The predicted molar refractivity (Wildman–Crippen MR) is 54.2 cm³/mol. The zero-order chi connectivity index (χ0) is 9.19. The first kappa shape index (κ1) is 9.79. The van der Waals surface area contributed by atoms with Crippen LogP contribution in [0.5, 0.6) is 0 Å². The van der Waals surface area contributed by atoms with Gasteiger partial charge in [-0.05, 0) is 46.1 Å². The Kier molecular flexibility index (Phi) is 2.94. The standard InChI is InChI=1S/C11H21N/c1-5-10-7-6-8-12(9-10)11(2,3)4/h5,10H,1,6-9H2,2-4H3. The third-order valence-electron chi connectivity index (χ3n) is 2.74. The summed E-state index contributed by atoms with van der Waals surface area (Å²) >= 11 is 0. The van der Waals surface area contributed by atoms with E-state index in [1.54, 1.807) is 0 Å². The van der Waals surface area contributed by atoms with Gasteiger partial charge < -0.3 is 0 Å². The molecular weight excluding hydrogens is 146 g/mol. The molecule has 0 aliphatic carbocycles. The van der Waals surface area contributed by atoms with Crippen molar-refractivity contribution in [1.82, 2.24) is 4.90 Å². The van der Waals surface area contributed by atoms with Crippen molar-refractivity contribution in [2.45, 2.75) is 39.2 Å². The van der Waals surface area contributed by atoms with Crippen LogP contribution in [-0.2, 0) is 0 Å². The van der Waals surface area contributed by atoms with Gasteiger partial charge in [-0.1, -0.05) is 6.08 Å². The summed E-state index contributed by atoms with van der Waals surface area (Å²) in [6, 6.07) is 0. The highest BCUT2D eigenvalue weighted by Crippen LogP contribution is 2.23. The Labute approximate surface area is 76.5 Å². The van der Waals surface area contributed by atoms with E-state index < -0.39 is 0 Å². The third-order valence-corrected chi connectivity index (χ3v) is 2.74. The molecule has 0 N–H and O–H groups in total. The molecule has 0 aromatic rings. The van der Waals surface area contributed by atoms with Crippen LogP contribution in [0.25, 0.3) is 0 Å². The molecule has 1 heteroatoms. The number of nitrogens with zero attached hydrogens (tertiary/aromatic N) is 1. The monoisotopic (exact) mass is 167 g/mol. The summed E-state index contributed by atoms with van der Waals surface area (Å²) < 4.78 is 0.